The fourth-order valence-corrected chi connectivity index (χ4v) is 4.09. The Morgan fingerprint density at radius 1 is 0.778 bits per heavy atom. The summed E-state index contributed by atoms with van der Waals surface area (Å²) in [6, 6.07) is -0.101. The molecule has 0 saturated carbocycles. The molecule has 0 aliphatic heterocycles. The molecule has 0 amide bonds. The van der Waals surface area contributed by atoms with Crippen LogP contribution >= 0.6 is 0 Å². The maximum Gasteiger partial charge on any atom is 0.241 e. The van der Waals surface area contributed by atoms with Crippen molar-refractivity contribution >= 4 is 10.0 Å². The van der Waals surface area contributed by atoms with Crippen LogP contribution in [0.25, 0.3) is 0 Å². The maximum atomic E-state index is 12.4. The number of sulfonamides is 1. The molecule has 1 rings (SSSR count). The van der Waals surface area contributed by atoms with Crippen LogP contribution in [0.2, 0.25) is 0 Å². The van der Waals surface area contributed by atoms with Crippen molar-refractivity contribution in [2.75, 3.05) is 0 Å². The van der Waals surface area contributed by atoms with Gasteiger partial charge in [-0.2, -0.15) is 0 Å². The van der Waals surface area contributed by atoms with Gasteiger partial charge in [0.1, 0.15) is 0 Å². The Hall–Kier alpha value is -0.870. The van der Waals surface area contributed by atoms with E-state index >= 15 is 0 Å². The third-order valence-electron chi connectivity index (χ3n) is 3.59. The van der Waals surface area contributed by atoms with E-state index in [-0.39, 0.29) is 6.04 Å². The van der Waals surface area contributed by atoms with Gasteiger partial charge in [-0.25, -0.2) is 13.1 Å². The van der Waals surface area contributed by atoms with E-state index in [4.69, 9.17) is 0 Å². The molecule has 0 aliphatic carbocycles. The topological polar surface area (TPSA) is 46.2 Å². The molecule has 0 radical (unpaired) electrons. The van der Waals surface area contributed by atoms with Gasteiger partial charge in [-0.1, -0.05) is 0 Å². The normalized spacial score (nSPS) is 12.2. The van der Waals surface area contributed by atoms with Crippen LogP contribution in [0.4, 0.5) is 0 Å². The van der Waals surface area contributed by atoms with E-state index in [1.807, 2.05) is 48.5 Å². The van der Waals surface area contributed by atoms with Crippen molar-refractivity contribution in [1.29, 1.82) is 0 Å². The van der Waals surface area contributed by atoms with Gasteiger partial charge in [0.2, 0.25) is 10.0 Å². The quantitative estimate of drug-likeness (QED) is 0.917. The molecule has 0 heterocycles. The van der Waals surface area contributed by atoms with Crippen molar-refractivity contribution < 1.29 is 8.42 Å². The van der Waals surface area contributed by atoms with Crippen molar-refractivity contribution in [2.24, 2.45) is 0 Å². The highest BCUT2D eigenvalue weighted by molar-refractivity contribution is 7.89. The van der Waals surface area contributed by atoms with E-state index in [1.54, 1.807) is 0 Å². The molecule has 4 heteroatoms. The van der Waals surface area contributed by atoms with E-state index in [9.17, 15) is 8.42 Å². The van der Waals surface area contributed by atoms with Gasteiger partial charge in [0.15, 0.2) is 0 Å². The van der Waals surface area contributed by atoms with Crippen LogP contribution in [0.1, 0.15) is 41.7 Å². The molecule has 18 heavy (non-hydrogen) atoms. The summed E-state index contributed by atoms with van der Waals surface area (Å²) >= 11 is 0. The molecule has 0 unspecified atom stereocenters. The molecule has 0 aromatic heterocycles. The highest BCUT2D eigenvalue weighted by Gasteiger charge is 2.23. The molecule has 0 fully saturated rings. The van der Waals surface area contributed by atoms with Crippen LogP contribution in [-0.2, 0) is 10.0 Å². The molecule has 0 bridgehead atoms. The molecule has 0 aliphatic rings. The fourth-order valence-electron chi connectivity index (χ4n) is 2.24. The first kappa shape index (κ1) is 15.2. The first-order valence-electron chi connectivity index (χ1n) is 6.18. The Kier molecular flexibility index (Phi) is 4.23. The summed E-state index contributed by atoms with van der Waals surface area (Å²) in [5.41, 5.74) is 4.99. The first-order valence-corrected chi connectivity index (χ1v) is 7.67. The number of nitrogens with one attached hydrogen (secondary N) is 1. The Balaban J connectivity index is 3.62. The molecule has 1 aromatic carbocycles. The lowest BCUT2D eigenvalue weighted by atomic mass is 9.95. The summed E-state index contributed by atoms with van der Waals surface area (Å²) < 4.78 is 27.4. The summed E-state index contributed by atoms with van der Waals surface area (Å²) in [4.78, 5) is 0.441. The molecule has 102 valence electrons. The third-order valence-corrected chi connectivity index (χ3v) is 5.52. The number of hydrogen-bond donors (Lipinski definition) is 1. The predicted octanol–water partition coefficient (Wildman–Crippen LogP) is 2.92. The van der Waals surface area contributed by atoms with Gasteiger partial charge in [0, 0.05) is 6.04 Å². The molecule has 3 nitrogen and oxygen atoms in total. The van der Waals surface area contributed by atoms with Crippen LogP contribution in [0.15, 0.2) is 4.90 Å². The second-order valence-corrected chi connectivity index (χ2v) is 6.88. The average molecular weight is 269 g/mol. The number of benzene rings is 1. The van der Waals surface area contributed by atoms with Crippen molar-refractivity contribution in [3.8, 4) is 0 Å². The maximum absolute atomic E-state index is 12.4. The van der Waals surface area contributed by atoms with Crippen LogP contribution < -0.4 is 4.72 Å². The molecule has 0 saturated heterocycles. The van der Waals surface area contributed by atoms with Gasteiger partial charge in [-0.3, -0.25) is 0 Å². The Morgan fingerprint density at radius 2 is 1.11 bits per heavy atom. The zero-order valence-corrected chi connectivity index (χ0v) is 13.1. The monoisotopic (exact) mass is 269 g/mol. The highest BCUT2D eigenvalue weighted by atomic mass is 32.2. The molecule has 0 atom stereocenters. The number of rotatable bonds is 3. The summed E-state index contributed by atoms with van der Waals surface area (Å²) in [5, 5.41) is 0. The second-order valence-electron chi connectivity index (χ2n) is 5.23. The van der Waals surface area contributed by atoms with Crippen molar-refractivity contribution in [3.63, 3.8) is 0 Å². The lowest BCUT2D eigenvalue weighted by Gasteiger charge is -2.20. The minimum absolute atomic E-state index is 0.101. The smallest absolute Gasteiger partial charge is 0.209 e. The number of hydrogen-bond acceptors (Lipinski definition) is 2. The van der Waals surface area contributed by atoms with Crippen LogP contribution in [0.5, 0.6) is 0 Å². The molecule has 0 spiro atoms. The van der Waals surface area contributed by atoms with Gasteiger partial charge in [-0.05, 0) is 76.3 Å². The molecule has 1 aromatic rings. The van der Waals surface area contributed by atoms with Gasteiger partial charge in [-0.15, -0.1) is 0 Å². The van der Waals surface area contributed by atoms with Crippen molar-refractivity contribution in [3.05, 3.63) is 27.8 Å². The van der Waals surface area contributed by atoms with Crippen molar-refractivity contribution in [2.45, 2.75) is 59.4 Å². The first-order chi connectivity index (χ1) is 8.09. The van der Waals surface area contributed by atoms with Crippen LogP contribution in [-0.4, -0.2) is 14.5 Å². The van der Waals surface area contributed by atoms with Crippen molar-refractivity contribution in [1.82, 2.24) is 4.72 Å². The fraction of sp³-hybridized carbons (Fsp3) is 0.571. The average Bonchev–Trinajstić information content (AvgIpc) is 2.21. The highest BCUT2D eigenvalue weighted by Crippen LogP contribution is 2.29. The minimum Gasteiger partial charge on any atom is -0.209 e. The molecule has 1 N–H and O–H groups in total. The van der Waals surface area contributed by atoms with Gasteiger partial charge in [0.05, 0.1) is 4.90 Å². The van der Waals surface area contributed by atoms with Gasteiger partial charge < -0.3 is 0 Å². The second kappa shape index (κ2) is 5.02. The van der Waals surface area contributed by atoms with E-state index in [1.165, 1.54) is 5.56 Å². The van der Waals surface area contributed by atoms with E-state index < -0.39 is 10.0 Å². The molecular weight excluding hydrogens is 246 g/mol. The summed E-state index contributed by atoms with van der Waals surface area (Å²) in [7, 11) is -3.43. The van der Waals surface area contributed by atoms with Crippen LogP contribution in [0, 0.1) is 34.6 Å². The van der Waals surface area contributed by atoms with E-state index in [2.05, 4.69) is 4.72 Å². The van der Waals surface area contributed by atoms with Gasteiger partial charge in [0.25, 0.3) is 0 Å². The third kappa shape index (κ3) is 2.59. The summed E-state index contributed by atoms with van der Waals surface area (Å²) in [5.74, 6) is 0. The van der Waals surface area contributed by atoms with E-state index in [0.29, 0.717) is 4.90 Å². The lowest BCUT2D eigenvalue weighted by molar-refractivity contribution is 0.568. The summed E-state index contributed by atoms with van der Waals surface area (Å²) in [6.07, 6.45) is 0. The SMILES string of the molecule is Cc1c(C)c(C)c(S(=O)(=O)NC(C)C)c(C)c1C. The zero-order chi connectivity index (χ0) is 14.2. The Morgan fingerprint density at radius 3 is 1.44 bits per heavy atom. The zero-order valence-electron chi connectivity index (χ0n) is 12.3. The standard InChI is InChI=1S/C14H23NO2S/c1-8(2)15-18(16,17)14-12(6)10(4)9(3)11(5)13(14)7/h8,15H,1-7H3. The largest absolute Gasteiger partial charge is 0.241 e. The summed E-state index contributed by atoms with van der Waals surface area (Å²) in [6.45, 7) is 13.4. The molecular formula is C14H23NO2S. The Bertz CT molecular complexity index is 543. The predicted molar refractivity (Wildman–Crippen MR) is 75.6 cm³/mol. The van der Waals surface area contributed by atoms with E-state index in [0.717, 1.165) is 22.3 Å². The minimum atomic E-state index is -3.43. The van der Waals surface area contributed by atoms with Gasteiger partial charge >= 0.3 is 0 Å². The lowest BCUT2D eigenvalue weighted by Crippen LogP contribution is -2.31. The van der Waals surface area contributed by atoms with Crippen LogP contribution in [0.3, 0.4) is 0 Å². The Labute approximate surface area is 111 Å².